The normalized spacial score (nSPS) is 9.57. The smallest absolute Gasteiger partial charge is 0.308 e. The number of esters is 1. The molecule has 0 aliphatic carbocycles. The highest BCUT2D eigenvalue weighted by Gasteiger charge is 2.09. The predicted molar refractivity (Wildman–Crippen MR) is 54.5 cm³/mol. The van der Waals surface area contributed by atoms with Gasteiger partial charge in [0.2, 0.25) is 5.91 Å². The Morgan fingerprint density at radius 1 is 1.50 bits per heavy atom. The summed E-state index contributed by atoms with van der Waals surface area (Å²) in [5.74, 6) is -0.0866. The summed E-state index contributed by atoms with van der Waals surface area (Å²) in [5, 5.41) is 6.04. The Labute approximate surface area is 85.9 Å². The zero-order valence-corrected chi connectivity index (χ0v) is 8.81. The summed E-state index contributed by atoms with van der Waals surface area (Å²) in [4.78, 5) is 21.8. The molecule has 5 heteroatoms. The molecule has 0 aromatic carbocycles. The number of carbonyl (C=O) groups excluding carboxylic acids is 2. The Morgan fingerprint density at radius 2 is 2.21 bits per heavy atom. The van der Waals surface area contributed by atoms with Crippen molar-refractivity contribution in [1.29, 1.82) is 0 Å². The second-order valence-corrected chi connectivity index (χ2v) is 3.39. The third-order valence-corrected chi connectivity index (χ3v) is 2.20. The fraction of sp³-hybridized carbons (Fsp3) is 0.333. The van der Waals surface area contributed by atoms with Gasteiger partial charge in [-0.15, -0.1) is 11.3 Å². The lowest BCUT2D eigenvalue weighted by Gasteiger charge is -2.04. The van der Waals surface area contributed by atoms with E-state index in [0.717, 1.165) is 0 Å². The molecule has 14 heavy (non-hydrogen) atoms. The zero-order valence-electron chi connectivity index (χ0n) is 7.99. The summed E-state index contributed by atoms with van der Waals surface area (Å²) in [6, 6.07) is 0. The molecule has 0 atom stereocenters. The van der Waals surface area contributed by atoms with Crippen LogP contribution in [0.4, 0.5) is 5.69 Å². The first-order valence-electron chi connectivity index (χ1n) is 4.18. The van der Waals surface area contributed by atoms with Crippen molar-refractivity contribution >= 4 is 28.9 Å². The van der Waals surface area contributed by atoms with Gasteiger partial charge >= 0.3 is 5.97 Å². The van der Waals surface area contributed by atoms with Crippen LogP contribution in [0.15, 0.2) is 10.8 Å². The van der Waals surface area contributed by atoms with Crippen molar-refractivity contribution < 1.29 is 14.3 Å². The molecule has 0 unspecified atom stereocenters. The topological polar surface area (TPSA) is 55.4 Å². The predicted octanol–water partition coefficient (Wildman–Crippen LogP) is 2.02. The number of hydrogen-bond donors (Lipinski definition) is 1. The maximum atomic E-state index is 11.1. The largest absolute Gasteiger partial charge is 0.424 e. The fourth-order valence-corrected chi connectivity index (χ4v) is 1.53. The highest BCUT2D eigenvalue weighted by molar-refractivity contribution is 7.08. The van der Waals surface area contributed by atoms with Gasteiger partial charge < -0.3 is 10.1 Å². The number of nitrogens with one attached hydrogen (secondary N) is 1. The second-order valence-electron chi connectivity index (χ2n) is 2.65. The fourth-order valence-electron chi connectivity index (χ4n) is 0.849. The number of hydrogen-bond acceptors (Lipinski definition) is 4. The van der Waals surface area contributed by atoms with Crippen LogP contribution in [-0.4, -0.2) is 11.9 Å². The molecule has 0 aliphatic rings. The van der Waals surface area contributed by atoms with Gasteiger partial charge in [-0.05, 0) is 0 Å². The number of thiophene rings is 1. The molecule has 1 aromatic heterocycles. The highest BCUT2D eigenvalue weighted by atomic mass is 32.1. The van der Waals surface area contributed by atoms with E-state index in [1.54, 1.807) is 17.7 Å². The Morgan fingerprint density at radius 3 is 2.79 bits per heavy atom. The summed E-state index contributed by atoms with van der Waals surface area (Å²) in [5.41, 5.74) is 0.553. The minimum absolute atomic E-state index is 0.100. The van der Waals surface area contributed by atoms with Crippen molar-refractivity contribution in [2.24, 2.45) is 0 Å². The lowest BCUT2D eigenvalue weighted by Crippen LogP contribution is -2.10. The van der Waals surface area contributed by atoms with Crippen LogP contribution in [0.5, 0.6) is 5.75 Å². The molecule has 0 bridgehead atoms. The minimum Gasteiger partial charge on any atom is -0.424 e. The van der Waals surface area contributed by atoms with E-state index < -0.39 is 5.97 Å². The molecule has 0 spiro atoms. The molecule has 0 saturated carbocycles. The van der Waals surface area contributed by atoms with Gasteiger partial charge in [0.25, 0.3) is 0 Å². The van der Waals surface area contributed by atoms with Crippen molar-refractivity contribution in [3.05, 3.63) is 10.8 Å². The van der Waals surface area contributed by atoms with Gasteiger partial charge in [-0.1, -0.05) is 6.92 Å². The maximum absolute atomic E-state index is 11.1. The van der Waals surface area contributed by atoms with Crippen molar-refractivity contribution in [3.8, 4) is 5.75 Å². The summed E-state index contributed by atoms with van der Waals surface area (Å²) in [6.45, 7) is 3.08. The van der Waals surface area contributed by atoms with Crippen LogP contribution in [0.3, 0.4) is 0 Å². The minimum atomic E-state index is -0.393. The van der Waals surface area contributed by atoms with Gasteiger partial charge in [0.15, 0.2) is 5.75 Å². The first-order chi connectivity index (χ1) is 6.63. The van der Waals surface area contributed by atoms with E-state index >= 15 is 0 Å². The molecule has 0 fully saturated rings. The molecule has 1 rings (SSSR count). The third-order valence-electron chi connectivity index (χ3n) is 1.48. The van der Waals surface area contributed by atoms with Crippen molar-refractivity contribution in [2.45, 2.75) is 20.3 Å². The lowest BCUT2D eigenvalue weighted by atomic mass is 10.4. The quantitative estimate of drug-likeness (QED) is 0.781. The SMILES string of the molecule is CCC(=O)Nc1cscc1OC(C)=O. The Balaban J connectivity index is 2.72. The van der Waals surface area contributed by atoms with Crippen LogP contribution in [-0.2, 0) is 9.59 Å². The molecule has 0 saturated heterocycles. The zero-order chi connectivity index (χ0) is 10.6. The van der Waals surface area contributed by atoms with Crippen molar-refractivity contribution in [1.82, 2.24) is 0 Å². The molecule has 1 aromatic rings. The summed E-state index contributed by atoms with van der Waals surface area (Å²) < 4.78 is 4.89. The molecule has 76 valence electrons. The van der Waals surface area contributed by atoms with Gasteiger partial charge in [0.05, 0.1) is 5.69 Å². The molecule has 1 heterocycles. The molecule has 0 radical (unpaired) electrons. The van der Waals surface area contributed by atoms with Crippen molar-refractivity contribution in [2.75, 3.05) is 5.32 Å². The Bertz CT molecular complexity index is 346. The van der Waals surface area contributed by atoms with E-state index in [2.05, 4.69) is 5.32 Å². The average Bonchev–Trinajstić information content (AvgIpc) is 2.52. The maximum Gasteiger partial charge on any atom is 0.308 e. The lowest BCUT2D eigenvalue weighted by molar-refractivity contribution is -0.131. The number of ether oxygens (including phenoxy) is 1. The first kappa shape index (κ1) is 10.7. The number of carbonyl (C=O) groups is 2. The molecular formula is C9H11NO3S. The molecule has 1 N–H and O–H groups in total. The summed E-state index contributed by atoms with van der Waals surface area (Å²) in [6.07, 6.45) is 0.398. The molecule has 0 aliphatic heterocycles. The first-order valence-corrected chi connectivity index (χ1v) is 5.12. The van der Waals surface area contributed by atoms with E-state index in [1.807, 2.05) is 0 Å². The van der Waals surface area contributed by atoms with Gasteiger partial charge in [-0.3, -0.25) is 9.59 Å². The van der Waals surface area contributed by atoms with E-state index in [1.165, 1.54) is 18.3 Å². The summed E-state index contributed by atoms with van der Waals surface area (Å²) >= 11 is 1.37. The number of anilines is 1. The third kappa shape index (κ3) is 2.85. The Kier molecular flexibility index (Phi) is 3.64. The van der Waals surface area contributed by atoms with Crippen LogP contribution in [0.2, 0.25) is 0 Å². The van der Waals surface area contributed by atoms with Crippen LogP contribution >= 0.6 is 11.3 Å². The average molecular weight is 213 g/mol. The number of rotatable bonds is 3. The van der Waals surface area contributed by atoms with Gasteiger partial charge in [-0.2, -0.15) is 0 Å². The molecule has 4 nitrogen and oxygen atoms in total. The van der Waals surface area contributed by atoms with Gasteiger partial charge in [0.1, 0.15) is 0 Å². The molecule has 1 amide bonds. The summed E-state index contributed by atoms with van der Waals surface area (Å²) in [7, 11) is 0. The second kappa shape index (κ2) is 4.76. The van der Waals surface area contributed by atoms with Gasteiger partial charge in [-0.25, -0.2) is 0 Å². The Hall–Kier alpha value is -1.36. The highest BCUT2D eigenvalue weighted by Crippen LogP contribution is 2.29. The van der Waals surface area contributed by atoms with E-state index in [-0.39, 0.29) is 5.91 Å². The standard InChI is InChI=1S/C9H11NO3S/c1-3-9(12)10-7-4-14-5-8(7)13-6(2)11/h4-5H,3H2,1-2H3,(H,10,12). The van der Waals surface area contributed by atoms with E-state index in [0.29, 0.717) is 17.9 Å². The van der Waals surface area contributed by atoms with Crippen LogP contribution in [0.25, 0.3) is 0 Å². The van der Waals surface area contributed by atoms with Gasteiger partial charge in [0, 0.05) is 24.1 Å². The van der Waals surface area contributed by atoms with Crippen molar-refractivity contribution in [3.63, 3.8) is 0 Å². The monoisotopic (exact) mass is 213 g/mol. The van der Waals surface area contributed by atoms with Crippen LogP contribution in [0, 0.1) is 0 Å². The number of amides is 1. The molecular weight excluding hydrogens is 202 g/mol. The van der Waals surface area contributed by atoms with Crippen LogP contribution < -0.4 is 10.1 Å². The van der Waals surface area contributed by atoms with Crippen LogP contribution in [0.1, 0.15) is 20.3 Å². The van der Waals surface area contributed by atoms with E-state index in [9.17, 15) is 9.59 Å². The van der Waals surface area contributed by atoms with E-state index in [4.69, 9.17) is 4.74 Å².